The van der Waals surface area contributed by atoms with Crippen molar-refractivity contribution in [3.63, 3.8) is 0 Å². The normalized spacial score (nSPS) is 19.0. The molecule has 1 aliphatic carbocycles. The smallest absolute Gasteiger partial charge is 0.326 e. The molecule has 0 radical (unpaired) electrons. The molecule has 2 heterocycles. The highest BCUT2D eigenvalue weighted by atomic mass is 35.5. The van der Waals surface area contributed by atoms with Crippen molar-refractivity contribution < 1.29 is 4.79 Å². The number of hydrogen-bond acceptors (Lipinski definition) is 3. The highest BCUT2D eigenvalue weighted by Gasteiger charge is 2.35. The van der Waals surface area contributed by atoms with E-state index in [1.54, 1.807) is 23.1 Å². The summed E-state index contributed by atoms with van der Waals surface area (Å²) in [6.45, 7) is 3.28. The van der Waals surface area contributed by atoms with Crippen molar-refractivity contribution in [2.75, 3.05) is 24.5 Å². The summed E-state index contributed by atoms with van der Waals surface area (Å²) < 4.78 is 0. The van der Waals surface area contributed by atoms with Crippen LogP contribution in [0, 0.1) is 0 Å². The zero-order valence-electron chi connectivity index (χ0n) is 23.0. The average Bonchev–Trinajstić information content (AvgIpc) is 3.43. The molecule has 42 heavy (non-hydrogen) atoms. The van der Waals surface area contributed by atoms with Gasteiger partial charge in [-0.25, -0.2) is 4.79 Å². The molecule has 2 amide bonds. The molecule has 0 spiro atoms. The van der Waals surface area contributed by atoms with Gasteiger partial charge in [0.1, 0.15) is 0 Å². The summed E-state index contributed by atoms with van der Waals surface area (Å²) in [6.07, 6.45) is 3.00. The van der Waals surface area contributed by atoms with Gasteiger partial charge < -0.3 is 10.6 Å². The third kappa shape index (κ3) is 5.08. The molecule has 3 aliphatic rings. The van der Waals surface area contributed by atoms with Crippen LogP contribution in [0.4, 0.5) is 16.2 Å². The lowest BCUT2D eigenvalue weighted by molar-refractivity contribution is 0.110. The molecular weight excluding hydrogens is 587 g/mol. The Morgan fingerprint density at radius 2 is 1.50 bits per heavy atom. The average molecular weight is 618 g/mol. The fourth-order valence-electron chi connectivity index (χ4n) is 6.90. The van der Waals surface area contributed by atoms with Gasteiger partial charge in [-0.05, 0) is 65.8 Å². The Balaban J connectivity index is 1.32. The molecule has 2 N–H and O–H groups in total. The first kappa shape index (κ1) is 27.8. The number of benzene rings is 4. The van der Waals surface area contributed by atoms with Crippen LogP contribution in [-0.4, -0.2) is 42.6 Å². The third-order valence-electron chi connectivity index (χ3n) is 8.84. The molecular formula is C34H31Cl3N4O. The molecule has 1 fully saturated rings. The second kappa shape index (κ2) is 11.6. The van der Waals surface area contributed by atoms with Crippen LogP contribution in [0.15, 0.2) is 78.9 Å². The number of fused-ring (bicyclic) bond motifs is 2. The highest BCUT2D eigenvalue weighted by Crippen LogP contribution is 2.45. The van der Waals surface area contributed by atoms with Gasteiger partial charge in [0.05, 0.1) is 21.4 Å². The number of hydrogen-bond donors (Lipinski definition) is 2. The fraction of sp³-hybridized carbons (Fsp3) is 0.265. The zero-order valence-corrected chi connectivity index (χ0v) is 25.3. The molecule has 1 atom stereocenters. The number of piperazine rings is 1. The summed E-state index contributed by atoms with van der Waals surface area (Å²) in [6, 6.07) is 26.9. The SMILES string of the molecule is O=C1NCc2c(-c3ccccc3Cl)cc(CC3CNCCN3C3Cc4ccccc4C3)cc2N1c1c(Cl)cccc1Cl. The van der Waals surface area contributed by atoms with Crippen LogP contribution in [0.2, 0.25) is 15.1 Å². The van der Waals surface area contributed by atoms with Gasteiger partial charge in [0.2, 0.25) is 0 Å². The second-order valence-corrected chi connectivity index (χ2v) is 12.5. The van der Waals surface area contributed by atoms with E-state index in [1.165, 1.54) is 11.1 Å². The van der Waals surface area contributed by atoms with Crippen LogP contribution in [0.1, 0.15) is 22.3 Å². The predicted molar refractivity (Wildman–Crippen MR) is 172 cm³/mol. The van der Waals surface area contributed by atoms with Gasteiger partial charge in [0.25, 0.3) is 0 Å². The summed E-state index contributed by atoms with van der Waals surface area (Å²) in [5, 5.41) is 8.16. The minimum absolute atomic E-state index is 0.260. The van der Waals surface area contributed by atoms with Gasteiger partial charge in [-0.3, -0.25) is 9.80 Å². The Morgan fingerprint density at radius 1 is 0.810 bits per heavy atom. The molecule has 4 aromatic rings. The molecule has 0 saturated carbocycles. The summed E-state index contributed by atoms with van der Waals surface area (Å²) >= 11 is 20.1. The van der Waals surface area contributed by atoms with E-state index in [4.69, 9.17) is 34.8 Å². The Morgan fingerprint density at radius 3 is 2.24 bits per heavy atom. The molecule has 1 saturated heterocycles. The van der Waals surface area contributed by atoms with Crippen LogP contribution in [-0.2, 0) is 25.8 Å². The van der Waals surface area contributed by atoms with Crippen molar-refractivity contribution in [2.45, 2.75) is 37.9 Å². The van der Waals surface area contributed by atoms with E-state index in [-0.39, 0.29) is 6.03 Å². The molecule has 0 aromatic heterocycles. The molecule has 214 valence electrons. The van der Waals surface area contributed by atoms with Crippen molar-refractivity contribution in [1.82, 2.24) is 15.5 Å². The van der Waals surface area contributed by atoms with Crippen LogP contribution < -0.4 is 15.5 Å². The van der Waals surface area contributed by atoms with Gasteiger partial charge in [-0.2, -0.15) is 0 Å². The minimum atomic E-state index is -0.260. The van der Waals surface area contributed by atoms with E-state index in [1.807, 2.05) is 24.3 Å². The Hall–Kier alpha value is -3.06. The van der Waals surface area contributed by atoms with Gasteiger partial charge in [-0.1, -0.05) is 89.4 Å². The number of nitrogens with zero attached hydrogens (tertiary/aromatic N) is 2. The molecule has 0 bridgehead atoms. The first-order valence-electron chi connectivity index (χ1n) is 14.4. The van der Waals surface area contributed by atoms with E-state index in [2.05, 4.69) is 51.9 Å². The number of carbonyl (C=O) groups is 1. The van der Waals surface area contributed by atoms with Gasteiger partial charge in [0.15, 0.2) is 0 Å². The minimum Gasteiger partial charge on any atom is -0.333 e. The van der Waals surface area contributed by atoms with E-state index in [0.717, 1.165) is 66.8 Å². The maximum absolute atomic E-state index is 13.5. The molecule has 2 aliphatic heterocycles. The van der Waals surface area contributed by atoms with Crippen molar-refractivity contribution in [2.24, 2.45) is 0 Å². The number of anilines is 2. The molecule has 7 rings (SSSR count). The van der Waals surface area contributed by atoms with Crippen molar-refractivity contribution in [3.05, 3.63) is 116 Å². The standard InChI is InChI=1S/C34H31Cl3N4O/c35-29-9-4-3-8-26(29)27-15-21(14-25-19-38-12-13-40(25)24-17-22-6-1-2-7-23(22)18-24)16-32-28(27)20-39-34(42)41(32)33-30(36)10-5-11-31(33)37/h1-11,15-16,24-25,38H,12-14,17-20H2,(H,39,42). The van der Waals surface area contributed by atoms with E-state index < -0.39 is 0 Å². The van der Waals surface area contributed by atoms with Crippen LogP contribution >= 0.6 is 34.8 Å². The summed E-state index contributed by atoms with van der Waals surface area (Å²) in [4.78, 5) is 17.8. The monoisotopic (exact) mass is 616 g/mol. The van der Waals surface area contributed by atoms with E-state index >= 15 is 0 Å². The quantitative estimate of drug-likeness (QED) is 0.242. The number of carbonyl (C=O) groups excluding carboxylic acids is 1. The van der Waals surface area contributed by atoms with Gasteiger partial charge >= 0.3 is 6.03 Å². The maximum atomic E-state index is 13.5. The third-order valence-corrected chi connectivity index (χ3v) is 9.78. The lowest BCUT2D eigenvalue weighted by atomic mass is 9.90. The molecule has 4 aromatic carbocycles. The Kier molecular flexibility index (Phi) is 7.63. The van der Waals surface area contributed by atoms with Crippen molar-refractivity contribution in [1.29, 1.82) is 0 Å². The first-order valence-corrected chi connectivity index (χ1v) is 15.6. The van der Waals surface area contributed by atoms with Gasteiger partial charge in [0, 0.05) is 54.4 Å². The van der Waals surface area contributed by atoms with Crippen LogP contribution in [0.5, 0.6) is 0 Å². The predicted octanol–water partition coefficient (Wildman–Crippen LogP) is 7.66. The largest absolute Gasteiger partial charge is 0.333 e. The zero-order chi connectivity index (χ0) is 28.8. The Labute approximate surface area is 261 Å². The topological polar surface area (TPSA) is 47.6 Å². The fourth-order valence-corrected chi connectivity index (χ4v) is 7.71. The maximum Gasteiger partial charge on any atom is 0.326 e. The number of amides is 2. The lowest BCUT2D eigenvalue weighted by Gasteiger charge is -2.41. The number of urea groups is 1. The summed E-state index contributed by atoms with van der Waals surface area (Å²) in [5.41, 5.74) is 8.25. The number of halogens is 3. The highest BCUT2D eigenvalue weighted by molar-refractivity contribution is 6.40. The van der Waals surface area contributed by atoms with Crippen LogP contribution in [0.3, 0.4) is 0 Å². The molecule has 8 heteroatoms. The van der Waals surface area contributed by atoms with E-state index in [0.29, 0.717) is 39.4 Å². The van der Waals surface area contributed by atoms with Crippen molar-refractivity contribution >= 4 is 52.2 Å². The molecule has 1 unspecified atom stereocenters. The summed E-state index contributed by atoms with van der Waals surface area (Å²) in [5.74, 6) is 0. The Bertz CT molecular complexity index is 1630. The van der Waals surface area contributed by atoms with Crippen LogP contribution in [0.25, 0.3) is 11.1 Å². The number of nitrogens with one attached hydrogen (secondary N) is 2. The summed E-state index contributed by atoms with van der Waals surface area (Å²) in [7, 11) is 0. The lowest BCUT2D eigenvalue weighted by Crippen LogP contribution is -2.56. The number of para-hydroxylation sites is 1. The van der Waals surface area contributed by atoms with Crippen molar-refractivity contribution in [3.8, 4) is 11.1 Å². The first-order chi connectivity index (χ1) is 20.5. The van der Waals surface area contributed by atoms with Gasteiger partial charge in [-0.15, -0.1) is 0 Å². The molecule has 5 nitrogen and oxygen atoms in total. The number of rotatable bonds is 5. The second-order valence-electron chi connectivity index (χ2n) is 11.3. The van der Waals surface area contributed by atoms with E-state index in [9.17, 15) is 4.79 Å².